The fourth-order valence-electron chi connectivity index (χ4n) is 2.42. The van der Waals surface area contributed by atoms with E-state index >= 15 is 0 Å². The van der Waals surface area contributed by atoms with Gasteiger partial charge in [-0.2, -0.15) is 0 Å². The first kappa shape index (κ1) is 16.6. The number of ether oxygens (including phenoxy) is 1. The van der Waals surface area contributed by atoms with Crippen molar-refractivity contribution in [1.29, 1.82) is 0 Å². The van der Waals surface area contributed by atoms with Gasteiger partial charge in [0.25, 0.3) is 11.8 Å². The van der Waals surface area contributed by atoms with Crippen molar-refractivity contribution < 1.29 is 14.3 Å². The molecule has 2 amide bonds. The van der Waals surface area contributed by atoms with Gasteiger partial charge in [0.05, 0.1) is 5.02 Å². The van der Waals surface area contributed by atoms with Gasteiger partial charge in [0.15, 0.2) is 6.61 Å². The highest BCUT2D eigenvalue weighted by Gasteiger charge is 2.31. The van der Waals surface area contributed by atoms with Gasteiger partial charge in [-0.25, -0.2) is 0 Å². The first-order chi connectivity index (χ1) is 11.4. The van der Waals surface area contributed by atoms with E-state index in [0.717, 1.165) is 5.56 Å². The van der Waals surface area contributed by atoms with Crippen LogP contribution in [0.15, 0.2) is 36.4 Å². The van der Waals surface area contributed by atoms with Gasteiger partial charge in [-0.3, -0.25) is 9.59 Å². The molecule has 0 bridgehead atoms. The monoisotopic (exact) mass is 364 g/mol. The summed E-state index contributed by atoms with van der Waals surface area (Å²) in [5.74, 6) is -0.539. The summed E-state index contributed by atoms with van der Waals surface area (Å²) in [6.45, 7) is 1.73. The fourth-order valence-corrected chi connectivity index (χ4v) is 2.99. The lowest BCUT2D eigenvalue weighted by Gasteiger charge is -2.18. The van der Waals surface area contributed by atoms with Gasteiger partial charge in [0.2, 0.25) is 0 Å². The minimum atomic E-state index is -0.951. The molecule has 3 rings (SSSR count). The molecule has 0 spiro atoms. The number of benzene rings is 2. The Kier molecular flexibility index (Phi) is 4.64. The number of hydrogen-bond acceptors (Lipinski definition) is 3. The molecule has 7 heteroatoms. The zero-order valence-corrected chi connectivity index (χ0v) is 14.2. The molecule has 0 aliphatic carbocycles. The molecular weight excluding hydrogens is 351 g/mol. The summed E-state index contributed by atoms with van der Waals surface area (Å²) in [6, 6.07) is 9.45. The normalized spacial score (nSPS) is 16.5. The van der Waals surface area contributed by atoms with Crippen LogP contribution in [0.2, 0.25) is 10.0 Å². The molecule has 5 nitrogen and oxygen atoms in total. The van der Waals surface area contributed by atoms with Crippen molar-refractivity contribution in [3.05, 3.63) is 57.6 Å². The standard InChI is InChI=1S/C17H14Cl2N2O3/c1-9-2-4-11(5-3-9)20-17(23)15-12-6-10(18)7-13(19)16(12)24-8-14(22)21-15/h2-7,15H,8H2,1H3,(H,20,23)(H,21,22). The molecule has 124 valence electrons. The van der Waals surface area contributed by atoms with E-state index in [1.54, 1.807) is 18.2 Å². The number of amides is 2. The second-order valence-electron chi connectivity index (χ2n) is 5.45. The number of anilines is 1. The molecule has 0 radical (unpaired) electrons. The molecule has 1 heterocycles. The molecule has 2 aromatic rings. The van der Waals surface area contributed by atoms with Crippen molar-refractivity contribution in [2.24, 2.45) is 0 Å². The van der Waals surface area contributed by atoms with E-state index in [1.165, 1.54) is 6.07 Å². The Morgan fingerprint density at radius 2 is 1.96 bits per heavy atom. The lowest BCUT2D eigenvalue weighted by molar-refractivity contribution is -0.127. The van der Waals surface area contributed by atoms with Crippen molar-refractivity contribution in [3.8, 4) is 5.75 Å². The molecule has 0 fully saturated rings. The lowest BCUT2D eigenvalue weighted by atomic mass is 10.0. The van der Waals surface area contributed by atoms with Gasteiger partial charge < -0.3 is 15.4 Å². The van der Waals surface area contributed by atoms with Crippen LogP contribution in [-0.2, 0) is 9.59 Å². The number of nitrogens with one attached hydrogen (secondary N) is 2. The Morgan fingerprint density at radius 3 is 2.67 bits per heavy atom. The fraction of sp³-hybridized carbons (Fsp3) is 0.176. The average Bonchev–Trinajstić information content (AvgIpc) is 2.69. The van der Waals surface area contributed by atoms with Crippen LogP contribution < -0.4 is 15.4 Å². The SMILES string of the molecule is Cc1ccc(NC(=O)C2NC(=O)COc3c(Cl)cc(Cl)cc32)cc1. The number of halogens is 2. The maximum absolute atomic E-state index is 12.7. The van der Waals surface area contributed by atoms with Gasteiger partial charge in [-0.05, 0) is 31.2 Å². The largest absolute Gasteiger partial charge is 0.482 e. The first-order valence-electron chi connectivity index (χ1n) is 7.22. The smallest absolute Gasteiger partial charge is 0.258 e. The molecule has 2 N–H and O–H groups in total. The van der Waals surface area contributed by atoms with Crippen LogP contribution in [0.4, 0.5) is 5.69 Å². The van der Waals surface area contributed by atoms with Crippen LogP contribution in [-0.4, -0.2) is 18.4 Å². The van der Waals surface area contributed by atoms with E-state index in [-0.39, 0.29) is 17.4 Å². The molecule has 0 saturated carbocycles. The van der Waals surface area contributed by atoms with Crippen molar-refractivity contribution in [1.82, 2.24) is 5.32 Å². The van der Waals surface area contributed by atoms with Crippen LogP contribution in [0.3, 0.4) is 0 Å². The zero-order valence-electron chi connectivity index (χ0n) is 12.7. The molecule has 0 saturated heterocycles. The van der Waals surface area contributed by atoms with Crippen LogP contribution in [0, 0.1) is 6.92 Å². The third kappa shape index (κ3) is 3.47. The van der Waals surface area contributed by atoms with E-state index in [2.05, 4.69) is 10.6 Å². The van der Waals surface area contributed by atoms with Crippen LogP contribution in [0.1, 0.15) is 17.2 Å². The number of carbonyl (C=O) groups excluding carboxylic acids is 2. The topological polar surface area (TPSA) is 67.4 Å². The number of aryl methyl sites for hydroxylation is 1. The maximum Gasteiger partial charge on any atom is 0.258 e. The van der Waals surface area contributed by atoms with E-state index in [0.29, 0.717) is 16.3 Å². The highest BCUT2D eigenvalue weighted by atomic mass is 35.5. The predicted molar refractivity (Wildman–Crippen MR) is 92.6 cm³/mol. The Labute approximate surface area is 148 Å². The van der Waals surface area contributed by atoms with Crippen LogP contribution in [0.5, 0.6) is 5.75 Å². The van der Waals surface area contributed by atoms with Gasteiger partial charge in [0.1, 0.15) is 11.8 Å². The number of hydrogen-bond donors (Lipinski definition) is 2. The zero-order chi connectivity index (χ0) is 17.3. The van der Waals surface area contributed by atoms with Gasteiger partial charge >= 0.3 is 0 Å². The van der Waals surface area contributed by atoms with E-state index in [4.69, 9.17) is 27.9 Å². The summed E-state index contributed by atoms with van der Waals surface area (Å²) in [5.41, 5.74) is 2.12. The average molecular weight is 365 g/mol. The van der Waals surface area contributed by atoms with E-state index in [9.17, 15) is 9.59 Å². The minimum absolute atomic E-state index is 0.220. The molecule has 0 aromatic heterocycles. The Bertz CT molecular complexity index is 806. The van der Waals surface area contributed by atoms with E-state index < -0.39 is 17.9 Å². The molecular formula is C17H14Cl2N2O3. The number of rotatable bonds is 2. The molecule has 1 aliphatic heterocycles. The highest BCUT2D eigenvalue weighted by molar-refractivity contribution is 6.35. The van der Waals surface area contributed by atoms with Gasteiger partial charge in [-0.15, -0.1) is 0 Å². The summed E-state index contributed by atoms with van der Waals surface area (Å²) >= 11 is 12.2. The van der Waals surface area contributed by atoms with Crippen molar-refractivity contribution in [2.45, 2.75) is 13.0 Å². The molecule has 1 unspecified atom stereocenters. The minimum Gasteiger partial charge on any atom is -0.482 e. The van der Waals surface area contributed by atoms with Crippen LogP contribution in [0.25, 0.3) is 0 Å². The maximum atomic E-state index is 12.7. The molecule has 1 atom stereocenters. The second kappa shape index (κ2) is 6.71. The van der Waals surface area contributed by atoms with Crippen LogP contribution >= 0.6 is 23.2 Å². The lowest BCUT2D eigenvalue weighted by Crippen LogP contribution is -2.37. The summed E-state index contributed by atoms with van der Waals surface area (Å²) in [5, 5.41) is 6.00. The van der Waals surface area contributed by atoms with Gasteiger partial charge in [0, 0.05) is 16.3 Å². The quantitative estimate of drug-likeness (QED) is 0.856. The Balaban J connectivity index is 1.95. The van der Waals surface area contributed by atoms with Crippen molar-refractivity contribution in [3.63, 3.8) is 0 Å². The van der Waals surface area contributed by atoms with Crippen molar-refractivity contribution in [2.75, 3.05) is 11.9 Å². The molecule has 24 heavy (non-hydrogen) atoms. The first-order valence-corrected chi connectivity index (χ1v) is 7.98. The third-order valence-corrected chi connectivity index (χ3v) is 4.08. The molecule has 1 aliphatic rings. The number of fused-ring (bicyclic) bond motifs is 1. The predicted octanol–water partition coefficient (Wildman–Crippen LogP) is 3.49. The van der Waals surface area contributed by atoms with E-state index in [1.807, 2.05) is 19.1 Å². The summed E-state index contributed by atoms with van der Waals surface area (Å²) in [7, 11) is 0. The second-order valence-corrected chi connectivity index (χ2v) is 6.29. The van der Waals surface area contributed by atoms with Crippen molar-refractivity contribution >= 4 is 40.7 Å². The summed E-state index contributed by atoms with van der Waals surface area (Å²) < 4.78 is 5.41. The summed E-state index contributed by atoms with van der Waals surface area (Å²) in [6.07, 6.45) is 0. The third-order valence-electron chi connectivity index (χ3n) is 3.58. The molecule has 2 aromatic carbocycles. The summed E-state index contributed by atoms with van der Waals surface area (Å²) in [4.78, 5) is 24.5. The Hall–Kier alpha value is -2.24. The highest BCUT2D eigenvalue weighted by Crippen LogP contribution is 2.37. The van der Waals surface area contributed by atoms with Gasteiger partial charge in [-0.1, -0.05) is 40.9 Å². The Morgan fingerprint density at radius 1 is 1.25 bits per heavy atom. The number of carbonyl (C=O) groups is 2.